The molecule has 1 saturated heterocycles. The summed E-state index contributed by atoms with van der Waals surface area (Å²) in [6, 6.07) is 8.64. The van der Waals surface area contributed by atoms with Crippen LogP contribution in [0.1, 0.15) is 25.8 Å². The molecule has 1 fully saturated rings. The summed E-state index contributed by atoms with van der Waals surface area (Å²) >= 11 is 0. The number of para-hydroxylation sites is 1. The highest BCUT2D eigenvalue weighted by Crippen LogP contribution is 2.27. The molecule has 0 aromatic heterocycles. The summed E-state index contributed by atoms with van der Waals surface area (Å²) in [6.07, 6.45) is 2.18. The highest BCUT2D eigenvalue weighted by atomic mass is 15.2. The number of hydrogen-bond donors (Lipinski definition) is 1. The molecule has 0 saturated carbocycles. The van der Waals surface area contributed by atoms with Crippen LogP contribution in [0.3, 0.4) is 0 Å². The SMILES string of the molecule is CCc1ccccc1N1CCC(C)(N)C1. The second-order valence-corrected chi connectivity index (χ2v) is 4.81. The number of nitrogens with zero attached hydrogens (tertiary/aromatic N) is 1. The van der Waals surface area contributed by atoms with Gasteiger partial charge in [0, 0.05) is 24.3 Å². The molecule has 1 aliphatic rings. The topological polar surface area (TPSA) is 29.3 Å². The molecule has 2 nitrogen and oxygen atoms in total. The lowest BCUT2D eigenvalue weighted by atomic mass is 10.0. The lowest BCUT2D eigenvalue weighted by molar-refractivity contribution is 0.525. The Kier molecular flexibility index (Phi) is 2.70. The van der Waals surface area contributed by atoms with Crippen molar-refractivity contribution in [3.05, 3.63) is 29.8 Å². The van der Waals surface area contributed by atoms with Crippen LogP contribution in [0, 0.1) is 0 Å². The Labute approximate surface area is 92.1 Å². The number of nitrogens with two attached hydrogens (primary N) is 1. The first kappa shape index (κ1) is 10.5. The third-order valence-electron chi connectivity index (χ3n) is 3.22. The van der Waals surface area contributed by atoms with E-state index in [1.807, 2.05) is 0 Å². The van der Waals surface area contributed by atoms with Gasteiger partial charge in [-0.05, 0) is 31.4 Å². The average Bonchev–Trinajstić information content (AvgIpc) is 2.59. The van der Waals surface area contributed by atoms with Crippen LogP contribution in [-0.2, 0) is 6.42 Å². The molecule has 2 N–H and O–H groups in total. The summed E-state index contributed by atoms with van der Waals surface area (Å²) in [4.78, 5) is 2.42. The van der Waals surface area contributed by atoms with Crippen LogP contribution in [0.25, 0.3) is 0 Å². The Morgan fingerprint density at radius 1 is 1.40 bits per heavy atom. The zero-order valence-corrected chi connectivity index (χ0v) is 9.66. The van der Waals surface area contributed by atoms with E-state index in [9.17, 15) is 0 Å². The van der Waals surface area contributed by atoms with Gasteiger partial charge in [-0.15, -0.1) is 0 Å². The summed E-state index contributed by atoms with van der Waals surface area (Å²) in [6.45, 7) is 6.41. The van der Waals surface area contributed by atoms with Crippen LogP contribution < -0.4 is 10.6 Å². The molecule has 0 radical (unpaired) electrons. The Balaban J connectivity index is 2.23. The zero-order valence-electron chi connectivity index (χ0n) is 9.66. The first-order valence-corrected chi connectivity index (χ1v) is 5.74. The van der Waals surface area contributed by atoms with Crippen LogP contribution >= 0.6 is 0 Å². The molecule has 0 spiro atoms. The molecule has 0 bridgehead atoms. The van der Waals surface area contributed by atoms with Gasteiger partial charge in [0.15, 0.2) is 0 Å². The predicted molar refractivity (Wildman–Crippen MR) is 65.2 cm³/mol. The van der Waals surface area contributed by atoms with E-state index in [2.05, 4.69) is 43.0 Å². The fraction of sp³-hybridized carbons (Fsp3) is 0.538. The minimum absolute atomic E-state index is 0.0130. The van der Waals surface area contributed by atoms with Gasteiger partial charge in [0.05, 0.1) is 0 Å². The maximum Gasteiger partial charge on any atom is 0.0399 e. The Morgan fingerprint density at radius 3 is 2.73 bits per heavy atom. The van der Waals surface area contributed by atoms with Crippen LogP contribution in [0.5, 0.6) is 0 Å². The van der Waals surface area contributed by atoms with Gasteiger partial charge in [0.2, 0.25) is 0 Å². The lowest BCUT2D eigenvalue weighted by Gasteiger charge is -2.23. The van der Waals surface area contributed by atoms with Gasteiger partial charge >= 0.3 is 0 Å². The molecule has 1 heterocycles. The molecule has 0 amide bonds. The Hall–Kier alpha value is -1.02. The van der Waals surface area contributed by atoms with Crippen LogP contribution in [0.4, 0.5) is 5.69 Å². The summed E-state index contributed by atoms with van der Waals surface area (Å²) in [5.74, 6) is 0. The van der Waals surface area contributed by atoms with E-state index in [1.165, 1.54) is 11.3 Å². The predicted octanol–water partition coefficient (Wildman–Crippen LogP) is 2.18. The van der Waals surface area contributed by atoms with Crippen molar-refractivity contribution in [2.24, 2.45) is 5.73 Å². The van der Waals surface area contributed by atoms with Gasteiger partial charge in [-0.1, -0.05) is 25.1 Å². The Morgan fingerprint density at radius 2 is 2.13 bits per heavy atom. The van der Waals surface area contributed by atoms with Crippen molar-refractivity contribution in [1.82, 2.24) is 0 Å². The second-order valence-electron chi connectivity index (χ2n) is 4.81. The van der Waals surface area contributed by atoms with Gasteiger partial charge in [-0.25, -0.2) is 0 Å². The molecular weight excluding hydrogens is 184 g/mol. The van der Waals surface area contributed by atoms with Crippen molar-refractivity contribution < 1.29 is 0 Å². The van der Waals surface area contributed by atoms with E-state index in [-0.39, 0.29) is 5.54 Å². The van der Waals surface area contributed by atoms with E-state index in [1.54, 1.807) is 0 Å². The molecule has 2 heteroatoms. The third-order valence-corrected chi connectivity index (χ3v) is 3.22. The van der Waals surface area contributed by atoms with Crippen LogP contribution in [0.15, 0.2) is 24.3 Å². The van der Waals surface area contributed by atoms with E-state index >= 15 is 0 Å². The van der Waals surface area contributed by atoms with Crippen molar-refractivity contribution in [3.63, 3.8) is 0 Å². The maximum atomic E-state index is 6.16. The van der Waals surface area contributed by atoms with Crippen molar-refractivity contribution in [3.8, 4) is 0 Å². The minimum atomic E-state index is -0.0130. The number of anilines is 1. The molecule has 1 atom stereocenters. The largest absolute Gasteiger partial charge is 0.369 e. The van der Waals surface area contributed by atoms with Crippen molar-refractivity contribution in [2.45, 2.75) is 32.2 Å². The molecule has 0 aliphatic carbocycles. The molecule has 82 valence electrons. The van der Waals surface area contributed by atoms with Gasteiger partial charge in [-0.3, -0.25) is 0 Å². The van der Waals surface area contributed by atoms with Crippen molar-refractivity contribution in [2.75, 3.05) is 18.0 Å². The molecule has 15 heavy (non-hydrogen) atoms. The lowest BCUT2D eigenvalue weighted by Crippen LogP contribution is -2.39. The summed E-state index contributed by atoms with van der Waals surface area (Å²) in [5, 5.41) is 0. The fourth-order valence-corrected chi connectivity index (χ4v) is 2.31. The van der Waals surface area contributed by atoms with Gasteiger partial charge < -0.3 is 10.6 Å². The van der Waals surface area contributed by atoms with Crippen LogP contribution in [-0.4, -0.2) is 18.6 Å². The minimum Gasteiger partial charge on any atom is -0.369 e. The van der Waals surface area contributed by atoms with Gasteiger partial charge in [0.1, 0.15) is 0 Å². The van der Waals surface area contributed by atoms with E-state index in [4.69, 9.17) is 5.73 Å². The van der Waals surface area contributed by atoms with E-state index < -0.39 is 0 Å². The first-order valence-electron chi connectivity index (χ1n) is 5.74. The van der Waals surface area contributed by atoms with Crippen molar-refractivity contribution in [1.29, 1.82) is 0 Å². The molecular formula is C13H20N2. The molecule has 1 aromatic rings. The number of aryl methyl sites for hydroxylation is 1. The smallest absolute Gasteiger partial charge is 0.0399 e. The highest BCUT2D eigenvalue weighted by Gasteiger charge is 2.30. The normalized spacial score (nSPS) is 25.9. The summed E-state index contributed by atoms with van der Waals surface area (Å²) in [7, 11) is 0. The molecule has 2 rings (SSSR count). The summed E-state index contributed by atoms with van der Waals surface area (Å²) < 4.78 is 0. The first-order chi connectivity index (χ1) is 7.12. The number of benzene rings is 1. The maximum absolute atomic E-state index is 6.16. The zero-order chi connectivity index (χ0) is 10.9. The van der Waals surface area contributed by atoms with Crippen LogP contribution in [0.2, 0.25) is 0 Å². The van der Waals surface area contributed by atoms with Gasteiger partial charge in [0.25, 0.3) is 0 Å². The quantitative estimate of drug-likeness (QED) is 0.800. The van der Waals surface area contributed by atoms with Gasteiger partial charge in [-0.2, -0.15) is 0 Å². The highest BCUT2D eigenvalue weighted by molar-refractivity contribution is 5.55. The fourth-order valence-electron chi connectivity index (χ4n) is 2.31. The third kappa shape index (κ3) is 2.15. The molecule has 1 aliphatic heterocycles. The molecule has 1 aromatic carbocycles. The van der Waals surface area contributed by atoms with E-state index in [0.29, 0.717) is 0 Å². The standard InChI is InChI=1S/C13H20N2/c1-3-11-6-4-5-7-12(11)15-9-8-13(2,14)10-15/h4-7H,3,8-10,14H2,1-2H3. The molecule has 1 unspecified atom stereocenters. The van der Waals surface area contributed by atoms with E-state index in [0.717, 1.165) is 25.9 Å². The number of rotatable bonds is 2. The van der Waals surface area contributed by atoms with Crippen molar-refractivity contribution >= 4 is 5.69 Å². The second kappa shape index (κ2) is 3.86. The Bertz CT molecular complexity index is 344. The number of hydrogen-bond acceptors (Lipinski definition) is 2. The summed E-state index contributed by atoms with van der Waals surface area (Å²) in [5.41, 5.74) is 8.94. The monoisotopic (exact) mass is 204 g/mol. The average molecular weight is 204 g/mol.